The summed E-state index contributed by atoms with van der Waals surface area (Å²) in [5.74, 6) is 0.727. The number of carbonyl (C=O) groups is 2. The fraction of sp³-hybridized carbons (Fsp3) is 0.300. The second kappa shape index (κ2) is 9.97. The molecule has 0 aliphatic rings. The van der Waals surface area contributed by atoms with Gasteiger partial charge in [-0.25, -0.2) is 0 Å². The first-order chi connectivity index (χ1) is 12.9. The third-order valence-electron chi connectivity index (χ3n) is 3.78. The highest BCUT2D eigenvalue weighted by Crippen LogP contribution is 2.23. The highest BCUT2D eigenvalue weighted by molar-refractivity contribution is 9.10. The second-order valence-corrected chi connectivity index (χ2v) is 7.22. The lowest BCUT2D eigenvalue weighted by Gasteiger charge is -2.13. The Morgan fingerprint density at radius 3 is 2.33 bits per heavy atom. The van der Waals surface area contributed by atoms with Crippen LogP contribution >= 0.6 is 15.9 Å². The quantitative estimate of drug-likeness (QED) is 0.646. The highest BCUT2D eigenvalue weighted by Gasteiger charge is 2.15. The van der Waals surface area contributed by atoms with Gasteiger partial charge in [-0.15, -0.1) is 0 Å². The van der Waals surface area contributed by atoms with Crippen LogP contribution in [0.3, 0.4) is 0 Å². The third kappa shape index (κ3) is 6.29. The lowest BCUT2D eigenvalue weighted by Crippen LogP contribution is -2.41. The molecule has 0 unspecified atom stereocenters. The topological polar surface area (TPSA) is 76.7 Å². The first kappa shape index (κ1) is 20.8. The summed E-state index contributed by atoms with van der Waals surface area (Å²) in [6.45, 7) is 4.72. The molecule has 6 nitrogen and oxygen atoms in total. The number of hydrogen-bond acceptors (Lipinski definition) is 4. The first-order valence-corrected chi connectivity index (χ1v) is 9.37. The zero-order chi connectivity index (χ0) is 19.8. The van der Waals surface area contributed by atoms with Gasteiger partial charge in [-0.2, -0.15) is 0 Å². The highest BCUT2D eigenvalue weighted by atomic mass is 79.9. The SMILES string of the molecule is COc1ccc(C(=O)NNC(=O)c2cc(Br)ccc2OCCC(C)C)cc1. The van der Waals surface area contributed by atoms with Crippen molar-refractivity contribution < 1.29 is 19.1 Å². The molecule has 0 bridgehead atoms. The van der Waals surface area contributed by atoms with Gasteiger partial charge in [0, 0.05) is 10.0 Å². The summed E-state index contributed by atoms with van der Waals surface area (Å²) in [5.41, 5.74) is 5.57. The molecule has 2 rings (SSSR count). The molecule has 0 aliphatic heterocycles. The van der Waals surface area contributed by atoms with Crippen LogP contribution in [-0.4, -0.2) is 25.5 Å². The van der Waals surface area contributed by atoms with E-state index in [9.17, 15) is 9.59 Å². The minimum Gasteiger partial charge on any atom is -0.497 e. The van der Waals surface area contributed by atoms with Gasteiger partial charge in [0.1, 0.15) is 11.5 Å². The van der Waals surface area contributed by atoms with Gasteiger partial charge < -0.3 is 9.47 Å². The van der Waals surface area contributed by atoms with Crippen molar-refractivity contribution >= 4 is 27.7 Å². The number of hydrazine groups is 1. The molecule has 7 heteroatoms. The third-order valence-corrected chi connectivity index (χ3v) is 4.27. The smallest absolute Gasteiger partial charge is 0.273 e. The molecule has 144 valence electrons. The van der Waals surface area contributed by atoms with E-state index in [-0.39, 0.29) is 0 Å². The summed E-state index contributed by atoms with van der Waals surface area (Å²) in [4.78, 5) is 24.7. The average Bonchev–Trinajstić information content (AvgIpc) is 2.66. The van der Waals surface area contributed by atoms with Gasteiger partial charge in [-0.05, 0) is 54.8 Å². The van der Waals surface area contributed by atoms with E-state index < -0.39 is 11.8 Å². The Labute approximate surface area is 167 Å². The van der Waals surface area contributed by atoms with E-state index in [1.165, 1.54) is 0 Å². The van der Waals surface area contributed by atoms with Crippen LogP contribution in [0.15, 0.2) is 46.9 Å². The monoisotopic (exact) mass is 434 g/mol. The van der Waals surface area contributed by atoms with Crippen molar-refractivity contribution in [3.05, 3.63) is 58.1 Å². The summed E-state index contributed by atoms with van der Waals surface area (Å²) in [6, 6.07) is 11.7. The number of hydrogen-bond donors (Lipinski definition) is 2. The molecule has 0 aromatic heterocycles. The van der Waals surface area contributed by atoms with Crippen molar-refractivity contribution in [2.45, 2.75) is 20.3 Å². The second-order valence-electron chi connectivity index (χ2n) is 6.31. The summed E-state index contributed by atoms with van der Waals surface area (Å²) < 4.78 is 11.5. The Morgan fingerprint density at radius 2 is 1.70 bits per heavy atom. The van der Waals surface area contributed by atoms with Gasteiger partial charge in [-0.1, -0.05) is 29.8 Å². The molecule has 2 aromatic carbocycles. The van der Waals surface area contributed by atoms with Crippen molar-refractivity contribution in [1.29, 1.82) is 0 Å². The van der Waals surface area contributed by atoms with Crippen LogP contribution in [0.25, 0.3) is 0 Å². The van der Waals surface area contributed by atoms with Crippen LogP contribution in [-0.2, 0) is 0 Å². The Hall–Kier alpha value is -2.54. The van der Waals surface area contributed by atoms with E-state index in [4.69, 9.17) is 9.47 Å². The molecule has 0 heterocycles. The molecule has 0 spiro atoms. The number of ether oxygens (including phenoxy) is 2. The predicted molar refractivity (Wildman–Crippen MR) is 107 cm³/mol. The van der Waals surface area contributed by atoms with Crippen LogP contribution in [0.2, 0.25) is 0 Å². The van der Waals surface area contributed by atoms with Gasteiger partial charge in [-0.3, -0.25) is 20.4 Å². The van der Waals surface area contributed by atoms with Crippen LogP contribution in [0.1, 0.15) is 41.0 Å². The molecule has 0 saturated heterocycles. The predicted octanol–water partition coefficient (Wildman–Crippen LogP) is 3.96. The minimum atomic E-state index is -0.460. The largest absolute Gasteiger partial charge is 0.497 e. The number of amides is 2. The zero-order valence-corrected chi connectivity index (χ0v) is 17.1. The summed E-state index contributed by atoms with van der Waals surface area (Å²) in [5, 5.41) is 0. The van der Waals surface area contributed by atoms with Crippen molar-refractivity contribution in [2.24, 2.45) is 5.92 Å². The molecule has 2 amide bonds. The van der Waals surface area contributed by atoms with Gasteiger partial charge in [0.15, 0.2) is 0 Å². The Bertz CT molecular complexity index is 791. The van der Waals surface area contributed by atoms with Crippen molar-refractivity contribution in [2.75, 3.05) is 13.7 Å². The molecule has 2 aromatic rings. The van der Waals surface area contributed by atoms with Crippen LogP contribution < -0.4 is 20.3 Å². The Balaban J connectivity index is 2.01. The first-order valence-electron chi connectivity index (χ1n) is 8.57. The summed E-state index contributed by atoms with van der Waals surface area (Å²) in [6.07, 6.45) is 0.880. The molecular formula is C20H23BrN2O4. The average molecular weight is 435 g/mol. The Kier molecular flexibility index (Phi) is 7.67. The molecule has 27 heavy (non-hydrogen) atoms. The van der Waals surface area contributed by atoms with Gasteiger partial charge in [0.2, 0.25) is 0 Å². The number of nitrogens with one attached hydrogen (secondary N) is 2. The van der Waals surface area contributed by atoms with E-state index >= 15 is 0 Å². The number of carbonyl (C=O) groups excluding carboxylic acids is 2. The van der Waals surface area contributed by atoms with E-state index in [1.807, 2.05) is 0 Å². The normalized spacial score (nSPS) is 10.4. The van der Waals surface area contributed by atoms with Gasteiger partial charge >= 0.3 is 0 Å². The molecule has 0 radical (unpaired) electrons. The maximum Gasteiger partial charge on any atom is 0.273 e. The fourth-order valence-electron chi connectivity index (χ4n) is 2.21. The standard InChI is InChI=1S/C20H23BrN2O4/c1-13(2)10-11-27-18-9-6-15(21)12-17(18)20(25)23-22-19(24)14-4-7-16(26-3)8-5-14/h4-9,12-13H,10-11H2,1-3H3,(H,22,24)(H,23,25). The van der Waals surface area contributed by atoms with E-state index in [2.05, 4.69) is 40.6 Å². The van der Waals surface area contributed by atoms with Crippen LogP contribution in [0, 0.1) is 5.92 Å². The van der Waals surface area contributed by atoms with Crippen LogP contribution in [0.5, 0.6) is 11.5 Å². The lowest BCUT2D eigenvalue weighted by molar-refractivity contribution is 0.0844. The van der Waals surface area contributed by atoms with Gasteiger partial charge in [0.05, 0.1) is 19.3 Å². The van der Waals surface area contributed by atoms with E-state index in [0.29, 0.717) is 35.2 Å². The molecule has 2 N–H and O–H groups in total. The maximum atomic E-state index is 12.5. The summed E-state index contributed by atoms with van der Waals surface area (Å²) >= 11 is 3.35. The van der Waals surface area contributed by atoms with Crippen molar-refractivity contribution in [3.63, 3.8) is 0 Å². The summed E-state index contributed by atoms with van der Waals surface area (Å²) in [7, 11) is 1.55. The lowest BCUT2D eigenvalue weighted by atomic mass is 10.1. The van der Waals surface area contributed by atoms with Crippen molar-refractivity contribution in [1.82, 2.24) is 10.9 Å². The molecule has 0 fully saturated rings. The van der Waals surface area contributed by atoms with Gasteiger partial charge in [0.25, 0.3) is 11.8 Å². The van der Waals surface area contributed by atoms with Crippen molar-refractivity contribution in [3.8, 4) is 11.5 Å². The van der Waals surface area contributed by atoms with E-state index in [1.54, 1.807) is 49.6 Å². The number of methoxy groups -OCH3 is 1. The van der Waals surface area contributed by atoms with E-state index in [0.717, 1.165) is 10.9 Å². The Morgan fingerprint density at radius 1 is 1.04 bits per heavy atom. The number of rotatable bonds is 7. The number of halogens is 1. The molecular weight excluding hydrogens is 412 g/mol. The fourth-order valence-corrected chi connectivity index (χ4v) is 2.57. The maximum absolute atomic E-state index is 12.5. The zero-order valence-electron chi connectivity index (χ0n) is 15.5. The van der Waals surface area contributed by atoms with Crippen LogP contribution in [0.4, 0.5) is 0 Å². The number of benzene rings is 2. The minimum absolute atomic E-state index is 0.336. The molecule has 0 atom stereocenters. The molecule has 0 aliphatic carbocycles. The molecule has 0 saturated carbocycles.